The van der Waals surface area contributed by atoms with Crippen LogP contribution in [0.2, 0.25) is 0 Å². The largest absolute Gasteiger partial charge is 0.381 e. The summed E-state index contributed by atoms with van der Waals surface area (Å²) in [5.74, 6) is -2.14. The molecule has 0 aliphatic carbocycles. The van der Waals surface area contributed by atoms with Gasteiger partial charge in [-0.15, -0.1) is 0 Å². The predicted octanol–water partition coefficient (Wildman–Crippen LogP) is 1.72. The van der Waals surface area contributed by atoms with Crippen LogP contribution in [-0.2, 0) is 19.1 Å². The lowest BCUT2D eigenvalue weighted by atomic mass is 9.81. The molecule has 0 radical (unpaired) electrons. The van der Waals surface area contributed by atoms with Gasteiger partial charge in [0, 0.05) is 19.8 Å². The maximum absolute atomic E-state index is 12.6. The van der Waals surface area contributed by atoms with Gasteiger partial charge in [0.15, 0.2) is 0 Å². The third kappa shape index (κ3) is 2.83. The summed E-state index contributed by atoms with van der Waals surface area (Å²) in [5.41, 5.74) is 0.156. The zero-order valence-corrected chi connectivity index (χ0v) is 13.7. The molecule has 0 aromatic heterocycles. The molecule has 3 heterocycles. The molecule has 1 atom stereocenters. The minimum absolute atomic E-state index is 0.258. The molecule has 1 spiro atoms. The summed E-state index contributed by atoms with van der Waals surface area (Å²) < 4.78 is 11.3. The number of amides is 2. The Balaban J connectivity index is 1.46. The lowest BCUT2D eigenvalue weighted by Crippen LogP contribution is -2.47. The van der Waals surface area contributed by atoms with Crippen LogP contribution >= 0.6 is 0 Å². The van der Waals surface area contributed by atoms with E-state index in [2.05, 4.69) is 0 Å². The first-order chi connectivity index (χ1) is 12.1. The van der Waals surface area contributed by atoms with E-state index in [4.69, 9.17) is 14.3 Å². The summed E-state index contributed by atoms with van der Waals surface area (Å²) in [6.45, 7) is 1.68. The molecule has 1 aromatic carbocycles. The Bertz CT molecular complexity index is 684. The van der Waals surface area contributed by atoms with Crippen LogP contribution in [0.15, 0.2) is 24.3 Å². The number of hydrogen-bond donors (Lipinski definition) is 0. The zero-order chi connectivity index (χ0) is 17.4. The number of fused-ring (bicyclic) bond motifs is 1. The van der Waals surface area contributed by atoms with Crippen LogP contribution in [0.4, 0.5) is 0 Å². The minimum Gasteiger partial charge on any atom is -0.381 e. The highest BCUT2D eigenvalue weighted by Crippen LogP contribution is 2.37. The molecule has 7 nitrogen and oxygen atoms in total. The summed E-state index contributed by atoms with van der Waals surface area (Å²) in [5, 5.41) is 0.582. The van der Waals surface area contributed by atoms with Crippen molar-refractivity contribution in [2.45, 2.75) is 31.3 Å². The van der Waals surface area contributed by atoms with E-state index in [1.165, 1.54) is 0 Å². The SMILES string of the molecule is O=C(ON1C(=O)c2ccccc2C1=O)C1CCOC2(CCOCC2)C1. The highest BCUT2D eigenvalue weighted by Gasteiger charge is 2.44. The quantitative estimate of drug-likeness (QED) is 0.759. The minimum atomic E-state index is -0.596. The van der Waals surface area contributed by atoms with E-state index >= 15 is 0 Å². The number of hydrogen-bond acceptors (Lipinski definition) is 6. The van der Waals surface area contributed by atoms with Crippen LogP contribution < -0.4 is 0 Å². The van der Waals surface area contributed by atoms with Crippen molar-refractivity contribution in [1.82, 2.24) is 5.06 Å². The van der Waals surface area contributed by atoms with E-state index in [0.29, 0.717) is 37.7 Å². The van der Waals surface area contributed by atoms with Crippen LogP contribution in [0.5, 0.6) is 0 Å². The number of rotatable bonds is 2. The van der Waals surface area contributed by atoms with Crippen molar-refractivity contribution in [2.24, 2.45) is 5.92 Å². The molecular weight excluding hydrogens is 326 g/mol. The third-order valence-corrected chi connectivity index (χ3v) is 5.17. The molecule has 1 aromatic rings. The summed E-state index contributed by atoms with van der Waals surface area (Å²) in [7, 11) is 0. The highest BCUT2D eigenvalue weighted by atomic mass is 16.7. The zero-order valence-electron chi connectivity index (χ0n) is 13.7. The number of nitrogens with zero attached hydrogens (tertiary/aromatic N) is 1. The van der Waals surface area contributed by atoms with Crippen molar-refractivity contribution in [2.75, 3.05) is 19.8 Å². The van der Waals surface area contributed by atoms with Gasteiger partial charge in [0.25, 0.3) is 11.8 Å². The fourth-order valence-corrected chi connectivity index (χ4v) is 3.74. The van der Waals surface area contributed by atoms with E-state index in [-0.39, 0.29) is 16.7 Å². The Kier molecular flexibility index (Phi) is 4.05. The fraction of sp³-hybridized carbons (Fsp3) is 0.500. The average Bonchev–Trinajstić information content (AvgIpc) is 2.88. The number of carbonyl (C=O) groups is 3. The Morgan fingerprint density at radius 3 is 2.36 bits per heavy atom. The molecule has 4 rings (SSSR count). The molecule has 0 N–H and O–H groups in total. The molecule has 1 unspecified atom stereocenters. The van der Waals surface area contributed by atoms with Crippen molar-refractivity contribution in [3.63, 3.8) is 0 Å². The number of benzene rings is 1. The summed E-state index contributed by atoms with van der Waals surface area (Å²) in [4.78, 5) is 42.4. The lowest BCUT2D eigenvalue weighted by molar-refractivity contribution is -0.189. The maximum Gasteiger partial charge on any atom is 0.336 e. The molecule has 2 fully saturated rings. The number of hydroxylamine groups is 2. The standard InChI is InChI=1S/C18H19NO6/c20-15-13-3-1-2-4-14(13)16(21)19(15)25-17(22)12-5-8-24-18(11-12)6-9-23-10-7-18/h1-4,12H,5-11H2. The van der Waals surface area contributed by atoms with Gasteiger partial charge in [-0.25, -0.2) is 4.79 Å². The molecule has 3 aliphatic heterocycles. The summed E-state index contributed by atoms with van der Waals surface area (Å²) in [6, 6.07) is 6.44. The Hall–Kier alpha value is -2.25. The first-order valence-corrected chi connectivity index (χ1v) is 8.51. The van der Waals surface area contributed by atoms with Gasteiger partial charge in [-0.05, 0) is 37.8 Å². The van der Waals surface area contributed by atoms with Gasteiger partial charge in [0.2, 0.25) is 0 Å². The molecule has 2 saturated heterocycles. The molecule has 3 aliphatic rings. The van der Waals surface area contributed by atoms with E-state index in [9.17, 15) is 14.4 Å². The molecule has 0 saturated carbocycles. The molecule has 0 bridgehead atoms. The van der Waals surface area contributed by atoms with Gasteiger partial charge in [-0.1, -0.05) is 17.2 Å². The van der Waals surface area contributed by atoms with Gasteiger partial charge in [-0.2, -0.15) is 0 Å². The van der Waals surface area contributed by atoms with Crippen LogP contribution in [-0.4, -0.2) is 48.3 Å². The molecular formula is C18H19NO6. The maximum atomic E-state index is 12.6. The van der Waals surface area contributed by atoms with Crippen LogP contribution in [0.1, 0.15) is 46.4 Å². The smallest absolute Gasteiger partial charge is 0.336 e. The van der Waals surface area contributed by atoms with Crippen molar-refractivity contribution in [3.8, 4) is 0 Å². The van der Waals surface area contributed by atoms with Crippen molar-refractivity contribution in [3.05, 3.63) is 35.4 Å². The Morgan fingerprint density at radius 1 is 1.08 bits per heavy atom. The van der Waals surface area contributed by atoms with Gasteiger partial charge in [0.1, 0.15) is 0 Å². The summed E-state index contributed by atoms with van der Waals surface area (Å²) >= 11 is 0. The average molecular weight is 345 g/mol. The molecule has 7 heteroatoms. The number of ether oxygens (including phenoxy) is 2. The van der Waals surface area contributed by atoms with Crippen LogP contribution in [0, 0.1) is 5.92 Å². The second-order valence-electron chi connectivity index (χ2n) is 6.69. The van der Waals surface area contributed by atoms with Gasteiger partial charge < -0.3 is 14.3 Å². The third-order valence-electron chi connectivity index (χ3n) is 5.17. The van der Waals surface area contributed by atoms with Gasteiger partial charge >= 0.3 is 5.97 Å². The second kappa shape index (κ2) is 6.24. The summed E-state index contributed by atoms with van der Waals surface area (Å²) in [6.07, 6.45) is 2.52. The first kappa shape index (κ1) is 16.2. The van der Waals surface area contributed by atoms with E-state index in [1.807, 2.05) is 0 Å². The second-order valence-corrected chi connectivity index (χ2v) is 6.69. The lowest BCUT2D eigenvalue weighted by Gasteiger charge is -2.42. The highest BCUT2D eigenvalue weighted by molar-refractivity contribution is 6.20. The van der Waals surface area contributed by atoms with Crippen molar-refractivity contribution >= 4 is 17.8 Å². The van der Waals surface area contributed by atoms with Gasteiger partial charge in [-0.3, -0.25) is 9.59 Å². The number of imide groups is 1. The normalized spacial score (nSPS) is 25.1. The van der Waals surface area contributed by atoms with E-state index < -0.39 is 23.7 Å². The van der Waals surface area contributed by atoms with Crippen LogP contribution in [0.3, 0.4) is 0 Å². The van der Waals surface area contributed by atoms with Crippen molar-refractivity contribution in [1.29, 1.82) is 0 Å². The molecule has 2 amide bonds. The van der Waals surface area contributed by atoms with Gasteiger partial charge in [0.05, 0.1) is 22.6 Å². The monoisotopic (exact) mass is 345 g/mol. The number of carbonyl (C=O) groups excluding carboxylic acids is 3. The van der Waals surface area contributed by atoms with Crippen LogP contribution in [0.25, 0.3) is 0 Å². The topological polar surface area (TPSA) is 82.1 Å². The fourth-order valence-electron chi connectivity index (χ4n) is 3.74. The molecule has 25 heavy (non-hydrogen) atoms. The Labute approximate surface area is 144 Å². The van der Waals surface area contributed by atoms with E-state index in [1.54, 1.807) is 24.3 Å². The Morgan fingerprint density at radius 2 is 1.72 bits per heavy atom. The predicted molar refractivity (Wildman–Crippen MR) is 84.5 cm³/mol. The van der Waals surface area contributed by atoms with Crippen molar-refractivity contribution < 1.29 is 28.7 Å². The first-order valence-electron chi connectivity index (χ1n) is 8.51. The van der Waals surface area contributed by atoms with E-state index in [0.717, 1.165) is 12.8 Å². The molecule has 132 valence electrons.